The van der Waals surface area contributed by atoms with Gasteiger partial charge in [-0.15, -0.1) is 0 Å². The first-order chi connectivity index (χ1) is 9.60. The number of methoxy groups -OCH3 is 1. The van der Waals surface area contributed by atoms with Crippen molar-refractivity contribution >= 4 is 17.6 Å². The number of hydrogen-bond acceptors (Lipinski definition) is 4. The summed E-state index contributed by atoms with van der Waals surface area (Å²) in [6.45, 7) is 6.48. The van der Waals surface area contributed by atoms with Crippen molar-refractivity contribution in [1.29, 1.82) is 0 Å². The third-order valence-corrected chi connectivity index (χ3v) is 4.03. The topological polar surface area (TPSA) is 32.8 Å². The SMILES string of the molecule is COC(=O)C(C)N1CCN(Cc2cccc(Cl)c2)CC1. The average molecular weight is 297 g/mol. The Bertz CT molecular complexity index is 459. The Hall–Kier alpha value is -1.10. The van der Waals surface area contributed by atoms with Crippen LogP contribution in [0.4, 0.5) is 0 Å². The maximum Gasteiger partial charge on any atom is 0.322 e. The standard InChI is InChI=1S/C15H21ClN2O2/c1-12(15(19)20-2)18-8-6-17(7-9-18)11-13-4-3-5-14(16)10-13/h3-5,10,12H,6-9,11H2,1-2H3. The molecule has 1 unspecified atom stereocenters. The zero-order chi connectivity index (χ0) is 14.5. The van der Waals surface area contributed by atoms with Crippen molar-refractivity contribution in [2.24, 2.45) is 0 Å². The van der Waals surface area contributed by atoms with E-state index >= 15 is 0 Å². The molecule has 1 heterocycles. The molecule has 1 aliphatic rings. The Morgan fingerprint density at radius 2 is 2.05 bits per heavy atom. The smallest absolute Gasteiger partial charge is 0.322 e. The first kappa shape index (κ1) is 15.3. The molecule has 1 atom stereocenters. The summed E-state index contributed by atoms with van der Waals surface area (Å²) in [5.41, 5.74) is 1.23. The summed E-state index contributed by atoms with van der Waals surface area (Å²) in [5, 5.41) is 0.778. The molecule has 0 amide bonds. The third-order valence-electron chi connectivity index (χ3n) is 3.79. The molecule has 0 aromatic heterocycles. The van der Waals surface area contributed by atoms with Crippen molar-refractivity contribution in [3.63, 3.8) is 0 Å². The van der Waals surface area contributed by atoms with Crippen LogP contribution in [0.25, 0.3) is 0 Å². The number of piperazine rings is 1. The van der Waals surface area contributed by atoms with Crippen molar-refractivity contribution in [2.75, 3.05) is 33.3 Å². The molecule has 0 N–H and O–H groups in total. The largest absolute Gasteiger partial charge is 0.468 e. The van der Waals surface area contributed by atoms with Crippen LogP contribution in [-0.2, 0) is 16.1 Å². The van der Waals surface area contributed by atoms with Gasteiger partial charge in [0, 0.05) is 37.7 Å². The lowest BCUT2D eigenvalue weighted by Gasteiger charge is -2.36. The van der Waals surface area contributed by atoms with E-state index in [1.807, 2.05) is 25.1 Å². The van der Waals surface area contributed by atoms with Gasteiger partial charge in [0.2, 0.25) is 0 Å². The van der Waals surface area contributed by atoms with E-state index in [0.717, 1.165) is 37.7 Å². The van der Waals surface area contributed by atoms with Crippen LogP contribution in [-0.4, -0.2) is 55.1 Å². The summed E-state index contributed by atoms with van der Waals surface area (Å²) in [6, 6.07) is 7.81. The normalized spacial score (nSPS) is 18.8. The lowest BCUT2D eigenvalue weighted by atomic mass is 10.2. The van der Waals surface area contributed by atoms with E-state index in [0.29, 0.717) is 0 Å². The van der Waals surface area contributed by atoms with Crippen LogP contribution >= 0.6 is 11.6 Å². The zero-order valence-corrected chi connectivity index (χ0v) is 12.8. The van der Waals surface area contributed by atoms with E-state index in [1.165, 1.54) is 12.7 Å². The molecule has 4 nitrogen and oxygen atoms in total. The highest BCUT2D eigenvalue weighted by Crippen LogP contribution is 2.14. The number of hydrogen-bond donors (Lipinski definition) is 0. The van der Waals surface area contributed by atoms with Crippen LogP contribution in [0.5, 0.6) is 0 Å². The van der Waals surface area contributed by atoms with Crippen molar-refractivity contribution in [3.8, 4) is 0 Å². The van der Waals surface area contributed by atoms with Gasteiger partial charge in [-0.05, 0) is 24.6 Å². The van der Waals surface area contributed by atoms with Gasteiger partial charge in [0.25, 0.3) is 0 Å². The third kappa shape index (κ3) is 3.95. The predicted octanol–water partition coefficient (Wildman–Crippen LogP) is 2.02. The molecule has 110 valence electrons. The van der Waals surface area contributed by atoms with Crippen molar-refractivity contribution in [2.45, 2.75) is 19.5 Å². The minimum absolute atomic E-state index is 0.159. The highest BCUT2D eigenvalue weighted by Gasteiger charge is 2.25. The minimum atomic E-state index is -0.159. The number of esters is 1. The van der Waals surface area contributed by atoms with E-state index in [-0.39, 0.29) is 12.0 Å². The van der Waals surface area contributed by atoms with Gasteiger partial charge in [-0.25, -0.2) is 0 Å². The molecular weight excluding hydrogens is 276 g/mol. The molecule has 1 saturated heterocycles. The maximum absolute atomic E-state index is 11.5. The van der Waals surface area contributed by atoms with Gasteiger partial charge in [0.05, 0.1) is 7.11 Å². The van der Waals surface area contributed by atoms with Gasteiger partial charge >= 0.3 is 5.97 Å². The molecule has 0 aliphatic carbocycles. The monoisotopic (exact) mass is 296 g/mol. The highest BCUT2D eigenvalue weighted by molar-refractivity contribution is 6.30. The molecule has 5 heteroatoms. The van der Waals surface area contributed by atoms with Crippen LogP contribution in [0, 0.1) is 0 Å². The molecule has 1 aliphatic heterocycles. The fourth-order valence-electron chi connectivity index (χ4n) is 2.52. The van der Waals surface area contributed by atoms with Crippen LogP contribution in [0.1, 0.15) is 12.5 Å². The molecule has 0 radical (unpaired) electrons. The number of ether oxygens (including phenoxy) is 1. The number of carbonyl (C=O) groups excluding carboxylic acids is 1. The Labute approximate surface area is 125 Å². The lowest BCUT2D eigenvalue weighted by Crippen LogP contribution is -2.51. The Morgan fingerprint density at radius 3 is 2.65 bits per heavy atom. The quantitative estimate of drug-likeness (QED) is 0.796. The molecule has 1 aromatic rings. The van der Waals surface area contributed by atoms with Crippen LogP contribution in [0.2, 0.25) is 5.02 Å². The fourth-order valence-corrected chi connectivity index (χ4v) is 2.73. The van der Waals surface area contributed by atoms with E-state index in [2.05, 4.69) is 15.9 Å². The number of nitrogens with zero attached hydrogens (tertiary/aromatic N) is 2. The average Bonchev–Trinajstić information content (AvgIpc) is 2.46. The first-order valence-corrected chi connectivity index (χ1v) is 7.26. The van der Waals surface area contributed by atoms with E-state index in [1.54, 1.807) is 0 Å². The molecule has 0 saturated carbocycles. The van der Waals surface area contributed by atoms with Crippen LogP contribution in [0.15, 0.2) is 24.3 Å². The molecule has 0 spiro atoms. The Morgan fingerprint density at radius 1 is 1.35 bits per heavy atom. The van der Waals surface area contributed by atoms with Crippen molar-refractivity contribution in [3.05, 3.63) is 34.9 Å². The fraction of sp³-hybridized carbons (Fsp3) is 0.533. The lowest BCUT2D eigenvalue weighted by molar-refractivity contribution is -0.147. The van der Waals surface area contributed by atoms with Gasteiger partial charge in [-0.1, -0.05) is 23.7 Å². The Balaban J connectivity index is 1.84. The van der Waals surface area contributed by atoms with Gasteiger partial charge in [0.15, 0.2) is 0 Å². The minimum Gasteiger partial charge on any atom is -0.468 e. The number of benzene rings is 1. The van der Waals surface area contributed by atoms with Gasteiger partial charge in [-0.2, -0.15) is 0 Å². The maximum atomic E-state index is 11.5. The second kappa shape index (κ2) is 7.07. The number of carbonyl (C=O) groups is 1. The van der Waals surface area contributed by atoms with Crippen LogP contribution < -0.4 is 0 Å². The molecule has 20 heavy (non-hydrogen) atoms. The summed E-state index contributed by atoms with van der Waals surface area (Å²) in [6.07, 6.45) is 0. The molecule has 0 bridgehead atoms. The summed E-state index contributed by atoms with van der Waals surface area (Å²) in [7, 11) is 1.44. The van der Waals surface area contributed by atoms with Crippen LogP contribution in [0.3, 0.4) is 0 Å². The molecule has 1 fully saturated rings. The molecular formula is C15H21ClN2O2. The summed E-state index contributed by atoms with van der Waals surface area (Å²) < 4.78 is 4.79. The van der Waals surface area contributed by atoms with Gasteiger partial charge in [0.1, 0.15) is 6.04 Å². The van der Waals surface area contributed by atoms with Gasteiger partial charge < -0.3 is 4.74 Å². The Kier molecular flexibility index (Phi) is 5.40. The van der Waals surface area contributed by atoms with Gasteiger partial charge in [-0.3, -0.25) is 14.6 Å². The van der Waals surface area contributed by atoms with Crippen molar-refractivity contribution < 1.29 is 9.53 Å². The predicted molar refractivity (Wildman–Crippen MR) is 79.8 cm³/mol. The molecule has 1 aromatic carbocycles. The first-order valence-electron chi connectivity index (χ1n) is 6.89. The second-order valence-electron chi connectivity index (χ2n) is 5.14. The summed E-state index contributed by atoms with van der Waals surface area (Å²) in [4.78, 5) is 16.1. The zero-order valence-electron chi connectivity index (χ0n) is 12.0. The summed E-state index contributed by atoms with van der Waals surface area (Å²) >= 11 is 6.00. The van der Waals surface area contributed by atoms with E-state index in [9.17, 15) is 4.79 Å². The van der Waals surface area contributed by atoms with Crippen molar-refractivity contribution in [1.82, 2.24) is 9.80 Å². The second-order valence-corrected chi connectivity index (χ2v) is 5.58. The van der Waals surface area contributed by atoms with E-state index in [4.69, 9.17) is 16.3 Å². The number of halogens is 1. The number of rotatable bonds is 4. The highest BCUT2D eigenvalue weighted by atomic mass is 35.5. The van der Waals surface area contributed by atoms with E-state index < -0.39 is 0 Å². The molecule has 2 rings (SSSR count). The summed E-state index contributed by atoms with van der Waals surface area (Å²) in [5.74, 6) is -0.159.